The van der Waals surface area contributed by atoms with Gasteiger partial charge in [-0.25, -0.2) is 0 Å². The Balaban J connectivity index is 0.00000180. The third-order valence-electron chi connectivity index (χ3n) is 3.94. The minimum Gasteiger partial charge on any atom is -0.338 e. The van der Waals surface area contributed by atoms with Crippen molar-refractivity contribution >= 4 is 24.2 Å². The average molecular weight is 290 g/mol. The van der Waals surface area contributed by atoms with Crippen molar-refractivity contribution in [3.8, 4) is 0 Å². The summed E-state index contributed by atoms with van der Waals surface area (Å²) in [7, 11) is 0. The van der Waals surface area contributed by atoms with E-state index in [0.717, 1.165) is 38.8 Å². The van der Waals surface area contributed by atoms with Crippen LogP contribution in [0, 0.1) is 0 Å². The molecule has 5 nitrogen and oxygen atoms in total. The van der Waals surface area contributed by atoms with Crippen LogP contribution >= 0.6 is 12.4 Å². The highest BCUT2D eigenvalue weighted by atomic mass is 35.5. The van der Waals surface area contributed by atoms with E-state index in [-0.39, 0.29) is 36.8 Å². The molecule has 6 heteroatoms. The standard InChI is InChI=1S/C13H23N3O2.ClH/c14-7-6-11-4-1-2-9-16(11)13(18)10-15-8-3-5-12(15)17;/h11H,1-10,14H2;1H. The molecule has 0 bridgehead atoms. The van der Waals surface area contributed by atoms with Crippen LogP contribution in [0.4, 0.5) is 0 Å². The first-order valence-corrected chi connectivity index (χ1v) is 6.99. The van der Waals surface area contributed by atoms with Gasteiger partial charge in [-0.15, -0.1) is 12.4 Å². The highest BCUT2D eigenvalue weighted by molar-refractivity contribution is 5.86. The molecule has 0 spiro atoms. The first-order valence-electron chi connectivity index (χ1n) is 6.99. The van der Waals surface area contributed by atoms with Crippen molar-refractivity contribution in [2.45, 2.75) is 44.6 Å². The van der Waals surface area contributed by atoms with Gasteiger partial charge in [0.15, 0.2) is 0 Å². The number of halogens is 1. The smallest absolute Gasteiger partial charge is 0.242 e. The van der Waals surface area contributed by atoms with Crippen LogP contribution in [0.3, 0.4) is 0 Å². The summed E-state index contributed by atoms with van der Waals surface area (Å²) < 4.78 is 0. The lowest BCUT2D eigenvalue weighted by Gasteiger charge is -2.36. The molecule has 1 atom stereocenters. The van der Waals surface area contributed by atoms with E-state index in [1.807, 2.05) is 4.90 Å². The van der Waals surface area contributed by atoms with Gasteiger partial charge in [-0.2, -0.15) is 0 Å². The Bertz CT molecular complexity index is 323. The van der Waals surface area contributed by atoms with Crippen LogP contribution in [0.25, 0.3) is 0 Å². The van der Waals surface area contributed by atoms with Crippen LogP contribution in [-0.4, -0.2) is 53.8 Å². The lowest BCUT2D eigenvalue weighted by Crippen LogP contribution is -2.48. The van der Waals surface area contributed by atoms with Gasteiger partial charge in [0.2, 0.25) is 11.8 Å². The Morgan fingerprint density at radius 2 is 2.05 bits per heavy atom. The second-order valence-electron chi connectivity index (χ2n) is 5.23. The number of hydrogen-bond donors (Lipinski definition) is 1. The monoisotopic (exact) mass is 289 g/mol. The maximum Gasteiger partial charge on any atom is 0.242 e. The average Bonchev–Trinajstić information content (AvgIpc) is 2.76. The second-order valence-corrected chi connectivity index (χ2v) is 5.23. The predicted molar refractivity (Wildman–Crippen MR) is 76.1 cm³/mol. The quantitative estimate of drug-likeness (QED) is 0.831. The molecule has 2 heterocycles. The van der Waals surface area contributed by atoms with E-state index in [9.17, 15) is 9.59 Å². The summed E-state index contributed by atoms with van der Waals surface area (Å²) in [6.07, 6.45) is 5.66. The van der Waals surface area contributed by atoms with Crippen molar-refractivity contribution in [1.82, 2.24) is 9.80 Å². The maximum absolute atomic E-state index is 12.3. The largest absolute Gasteiger partial charge is 0.338 e. The van der Waals surface area contributed by atoms with Crippen molar-refractivity contribution in [2.24, 2.45) is 5.73 Å². The van der Waals surface area contributed by atoms with E-state index in [0.29, 0.717) is 13.0 Å². The predicted octanol–water partition coefficient (Wildman–Crippen LogP) is 0.761. The zero-order valence-electron chi connectivity index (χ0n) is 11.3. The molecule has 0 saturated carbocycles. The van der Waals surface area contributed by atoms with E-state index in [2.05, 4.69) is 0 Å². The van der Waals surface area contributed by atoms with Crippen molar-refractivity contribution in [1.29, 1.82) is 0 Å². The molecule has 2 aliphatic rings. The van der Waals surface area contributed by atoms with Crippen LogP contribution in [0.5, 0.6) is 0 Å². The number of carbonyl (C=O) groups is 2. The summed E-state index contributed by atoms with van der Waals surface area (Å²) in [6, 6.07) is 0.286. The normalized spacial score (nSPS) is 23.4. The zero-order chi connectivity index (χ0) is 13.0. The summed E-state index contributed by atoms with van der Waals surface area (Å²) >= 11 is 0. The fourth-order valence-corrected chi connectivity index (χ4v) is 2.95. The Hall–Kier alpha value is -0.810. The fraction of sp³-hybridized carbons (Fsp3) is 0.846. The number of piperidine rings is 1. The molecule has 2 saturated heterocycles. The lowest BCUT2D eigenvalue weighted by molar-refractivity contribution is -0.141. The summed E-state index contributed by atoms with van der Waals surface area (Å²) in [5, 5.41) is 0. The molecule has 110 valence electrons. The molecule has 19 heavy (non-hydrogen) atoms. The molecule has 0 radical (unpaired) electrons. The molecule has 0 aromatic rings. The number of amides is 2. The maximum atomic E-state index is 12.3. The molecule has 1 unspecified atom stereocenters. The Labute approximate surface area is 120 Å². The zero-order valence-corrected chi connectivity index (χ0v) is 12.2. The Morgan fingerprint density at radius 3 is 2.68 bits per heavy atom. The lowest BCUT2D eigenvalue weighted by atomic mass is 9.99. The van der Waals surface area contributed by atoms with Gasteiger partial charge in [0.05, 0.1) is 6.54 Å². The second kappa shape index (κ2) is 7.70. The fourth-order valence-electron chi connectivity index (χ4n) is 2.95. The van der Waals surface area contributed by atoms with Crippen molar-refractivity contribution < 1.29 is 9.59 Å². The van der Waals surface area contributed by atoms with E-state index in [1.54, 1.807) is 4.90 Å². The molecule has 2 amide bonds. The van der Waals surface area contributed by atoms with Gasteiger partial charge >= 0.3 is 0 Å². The van der Waals surface area contributed by atoms with Crippen LogP contribution < -0.4 is 5.73 Å². The summed E-state index contributed by atoms with van der Waals surface area (Å²) in [5.41, 5.74) is 5.60. The minimum absolute atomic E-state index is 0. The third-order valence-corrected chi connectivity index (χ3v) is 3.94. The molecule has 0 aromatic carbocycles. The summed E-state index contributed by atoms with van der Waals surface area (Å²) in [4.78, 5) is 27.4. The molecule has 2 rings (SSSR count). The highest BCUT2D eigenvalue weighted by Gasteiger charge is 2.29. The first-order chi connectivity index (χ1) is 8.72. The summed E-state index contributed by atoms with van der Waals surface area (Å²) in [6.45, 7) is 2.45. The molecule has 2 N–H and O–H groups in total. The highest BCUT2D eigenvalue weighted by Crippen LogP contribution is 2.20. The van der Waals surface area contributed by atoms with Crippen molar-refractivity contribution in [3.63, 3.8) is 0 Å². The van der Waals surface area contributed by atoms with Crippen LogP contribution in [0.1, 0.15) is 38.5 Å². The van der Waals surface area contributed by atoms with Crippen molar-refractivity contribution in [2.75, 3.05) is 26.2 Å². The van der Waals surface area contributed by atoms with E-state index < -0.39 is 0 Å². The number of hydrogen-bond acceptors (Lipinski definition) is 3. The van der Waals surface area contributed by atoms with E-state index in [4.69, 9.17) is 5.73 Å². The van der Waals surface area contributed by atoms with Gasteiger partial charge in [-0.3, -0.25) is 9.59 Å². The SMILES string of the molecule is Cl.NCCC1CCCCN1C(=O)CN1CCCC1=O. The van der Waals surface area contributed by atoms with E-state index >= 15 is 0 Å². The molecule has 0 aromatic heterocycles. The Kier molecular flexibility index (Phi) is 6.58. The topological polar surface area (TPSA) is 66.6 Å². The van der Waals surface area contributed by atoms with E-state index in [1.165, 1.54) is 6.42 Å². The van der Waals surface area contributed by atoms with Crippen molar-refractivity contribution in [3.05, 3.63) is 0 Å². The summed E-state index contributed by atoms with van der Waals surface area (Å²) in [5.74, 6) is 0.221. The minimum atomic E-state index is 0. The number of nitrogens with two attached hydrogens (primary N) is 1. The van der Waals surface area contributed by atoms with Crippen LogP contribution in [0.2, 0.25) is 0 Å². The molecule has 0 aliphatic carbocycles. The number of likely N-dealkylation sites (tertiary alicyclic amines) is 2. The van der Waals surface area contributed by atoms with Crippen LogP contribution in [-0.2, 0) is 9.59 Å². The Morgan fingerprint density at radius 1 is 1.26 bits per heavy atom. The number of nitrogens with zero attached hydrogens (tertiary/aromatic N) is 2. The molecular weight excluding hydrogens is 266 g/mol. The third kappa shape index (κ3) is 4.08. The van der Waals surface area contributed by atoms with Gasteiger partial charge in [0.1, 0.15) is 0 Å². The first kappa shape index (κ1) is 16.2. The molecular formula is C13H24ClN3O2. The number of carbonyl (C=O) groups excluding carboxylic acids is 2. The van der Waals surface area contributed by atoms with Gasteiger partial charge in [0, 0.05) is 25.6 Å². The molecule has 2 fully saturated rings. The molecule has 2 aliphatic heterocycles. The van der Waals surface area contributed by atoms with Gasteiger partial charge < -0.3 is 15.5 Å². The van der Waals surface area contributed by atoms with Gasteiger partial charge in [0.25, 0.3) is 0 Å². The van der Waals surface area contributed by atoms with Gasteiger partial charge in [-0.1, -0.05) is 0 Å². The van der Waals surface area contributed by atoms with Gasteiger partial charge in [-0.05, 0) is 38.6 Å². The van der Waals surface area contributed by atoms with Crippen LogP contribution in [0.15, 0.2) is 0 Å². The number of rotatable bonds is 4.